The molecule has 0 bridgehead atoms. The lowest BCUT2D eigenvalue weighted by atomic mass is 10.3. The third-order valence-electron chi connectivity index (χ3n) is 2.61. The van der Waals surface area contributed by atoms with Crippen LogP contribution >= 0.6 is 11.3 Å². The van der Waals surface area contributed by atoms with E-state index in [0.717, 1.165) is 16.0 Å². The lowest BCUT2D eigenvalue weighted by Crippen LogP contribution is -2.14. The summed E-state index contributed by atoms with van der Waals surface area (Å²) in [5, 5.41) is 6.22. The van der Waals surface area contributed by atoms with Gasteiger partial charge in [-0.15, -0.1) is 11.3 Å². The van der Waals surface area contributed by atoms with Crippen LogP contribution in [0.1, 0.15) is 28.5 Å². The molecule has 1 atom stereocenters. The fraction of sp³-hybridized carbons (Fsp3) is 0.417. The minimum absolute atomic E-state index is 0.0881. The van der Waals surface area contributed by atoms with Gasteiger partial charge in [-0.05, 0) is 13.8 Å². The van der Waals surface area contributed by atoms with Gasteiger partial charge in [0, 0.05) is 24.2 Å². The summed E-state index contributed by atoms with van der Waals surface area (Å²) in [6, 6.07) is 0.641. The third kappa shape index (κ3) is 3.81. The van der Waals surface area contributed by atoms with Gasteiger partial charge in [-0.1, -0.05) is 0 Å². The predicted molar refractivity (Wildman–Crippen MR) is 75.5 cm³/mol. The molecule has 2 N–H and O–H groups in total. The van der Waals surface area contributed by atoms with Crippen LogP contribution in [0.4, 0.5) is 24.9 Å². The Morgan fingerprint density at radius 1 is 1.29 bits per heavy atom. The molecular weight excluding hydrogens is 303 g/mol. The first-order chi connectivity index (χ1) is 9.79. The molecule has 2 heterocycles. The summed E-state index contributed by atoms with van der Waals surface area (Å²) in [6.07, 6.45) is -2.80. The predicted octanol–water partition coefficient (Wildman–Crippen LogP) is 3.48. The number of hydrogen-bond donors (Lipinski definition) is 2. The highest BCUT2D eigenvalue weighted by molar-refractivity contribution is 7.11. The number of aryl methyl sites for hydroxylation is 1. The summed E-state index contributed by atoms with van der Waals surface area (Å²) >= 11 is 1.48. The highest BCUT2D eigenvalue weighted by Crippen LogP contribution is 2.30. The van der Waals surface area contributed by atoms with E-state index in [0.29, 0.717) is 0 Å². The standard InChI is InChI=1S/C12H14F3N5S/c1-6-5-17-10(21-6)7(2)18-9-4-8(12(13,14)15)19-11(16-3)20-9/h4-5,7H,1-3H3,(H2,16,18,19,20). The topological polar surface area (TPSA) is 62.7 Å². The quantitative estimate of drug-likeness (QED) is 0.904. The number of alkyl halides is 3. The van der Waals surface area contributed by atoms with Gasteiger partial charge in [0.1, 0.15) is 10.8 Å². The summed E-state index contributed by atoms with van der Waals surface area (Å²) < 4.78 is 38.4. The van der Waals surface area contributed by atoms with Crippen LogP contribution in [0.5, 0.6) is 0 Å². The first-order valence-corrected chi connectivity index (χ1v) is 6.94. The highest BCUT2D eigenvalue weighted by Gasteiger charge is 2.33. The van der Waals surface area contributed by atoms with Crippen LogP contribution in [0.15, 0.2) is 12.3 Å². The zero-order chi connectivity index (χ0) is 15.6. The molecule has 2 rings (SSSR count). The average molecular weight is 317 g/mol. The van der Waals surface area contributed by atoms with Crippen molar-refractivity contribution in [2.75, 3.05) is 17.7 Å². The minimum atomic E-state index is -4.52. The SMILES string of the molecule is CNc1nc(NC(C)c2ncc(C)s2)cc(C(F)(F)F)n1. The van der Waals surface area contributed by atoms with E-state index in [1.54, 1.807) is 6.20 Å². The molecular formula is C12H14F3N5S. The fourth-order valence-electron chi connectivity index (χ4n) is 1.63. The van der Waals surface area contributed by atoms with Gasteiger partial charge in [0.25, 0.3) is 0 Å². The van der Waals surface area contributed by atoms with Crippen LogP contribution in [0, 0.1) is 6.92 Å². The Morgan fingerprint density at radius 2 is 2.00 bits per heavy atom. The second kappa shape index (κ2) is 5.84. The van der Waals surface area contributed by atoms with Crippen molar-refractivity contribution in [3.8, 4) is 0 Å². The Hall–Kier alpha value is -1.90. The monoisotopic (exact) mass is 317 g/mol. The van der Waals surface area contributed by atoms with Crippen molar-refractivity contribution in [2.45, 2.75) is 26.1 Å². The fourth-order valence-corrected chi connectivity index (χ4v) is 2.41. The second-order valence-corrected chi connectivity index (χ2v) is 5.65. The number of nitrogens with zero attached hydrogens (tertiary/aromatic N) is 3. The number of aromatic nitrogens is 3. The van der Waals surface area contributed by atoms with Crippen molar-refractivity contribution in [3.63, 3.8) is 0 Å². The molecule has 0 aromatic carbocycles. The number of nitrogens with one attached hydrogen (secondary N) is 2. The van der Waals surface area contributed by atoms with E-state index in [4.69, 9.17) is 0 Å². The Labute approximate surface area is 123 Å². The average Bonchev–Trinajstić information content (AvgIpc) is 2.84. The highest BCUT2D eigenvalue weighted by atomic mass is 32.1. The molecule has 0 aliphatic carbocycles. The number of hydrogen-bond acceptors (Lipinski definition) is 6. The van der Waals surface area contributed by atoms with Crippen LogP contribution in [-0.2, 0) is 6.18 Å². The minimum Gasteiger partial charge on any atom is -0.361 e. The Kier molecular flexibility index (Phi) is 4.31. The summed E-state index contributed by atoms with van der Waals surface area (Å²) in [5.41, 5.74) is -0.994. The molecule has 0 amide bonds. The molecule has 0 spiro atoms. The summed E-state index contributed by atoms with van der Waals surface area (Å²) in [4.78, 5) is 12.6. The maximum Gasteiger partial charge on any atom is 0.433 e. The van der Waals surface area contributed by atoms with Gasteiger partial charge in [-0.3, -0.25) is 0 Å². The van der Waals surface area contributed by atoms with Crippen LogP contribution < -0.4 is 10.6 Å². The van der Waals surface area contributed by atoms with Crippen LogP contribution in [-0.4, -0.2) is 22.0 Å². The molecule has 0 aliphatic rings. The van der Waals surface area contributed by atoms with Crippen LogP contribution in [0.25, 0.3) is 0 Å². The van der Waals surface area contributed by atoms with E-state index in [1.807, 2.05) is 13.8 Å². The second-order valence-electron chi connectivity index (χ2n) is 4.38. The normalized spacial score (nSPS) is 13.0. The van der Waals surface area contributed by atoms with Crippen LogP contribution in [0.2, 0.25) is 0 Å². The molecule has 21 heavy (non-hydrogen) atoms. The molecule has 9 heteroatoms. The molecule has 2 aromatic heterocycles. The number of anilines is 2. The maximum atomic E-state index is 12.8. The first-order valence-electron chi connectivity index (χ1n) is 6.12. The van der Waals surface area contributed by atoms with E-state index < -0.39 is 11.9 Å². The summed E-state index contributed by atoms with van der Waals surface area (Å²) in [5.74, 6) is 0.0110. The number of halogens is 3. The van der Waals surface area contributed by atoms with E-state index in [2.05, 4.69) is 25.6 Å². The van der Waals surface area contributed by atoms with Crippen molar-refractivity contribution in [1.29, 1.82) is 0 Å². The van der Waals surface area contributed by atoms with Gasteiger partial charge in [0.2, 0.25) is 5.95 Å². The van der Waals surface area contributed by atoms with Crippen molar-refractivity contribution in [3.05, 3.63) is 27.8 Å². The van der Waals surface area contributed by atoms with Gasteiger partial charge < -0.3 is 10.6 Å². The van der Waals surface area contributed by atoms with E-state index in [1.165, 1.54) is 18.4 Å². The van der Waals surface area contributed by atoms with E-state index >= 15 is 0 Å². The smallest absolute Gasteiger partial charge is 0.361 e. The number of rotatable bonds is 4. The van der Waals surface area contributed by atoms with Gasteiger partial charge in [-0.2, -0.15) is 18.2 Å². The Morgan fingerprint density at radius 3 is 2.52 bits per heavy atom. The molecule has 0 saturated heterocycles. The van der Waals surface area contributed by atoms with Crippen molar-refractivity contribution < 1.29 is 13.2 Å². The lowest BCUT2D eigenvalue weighted by molar-refractivity contribution is -0.141. The molecule has 0 radical (unpaired) electrons. The molecule has 0 saturated carbocycles. The molecule has 0 aliphatic heterocycles. The van der Waals surface area contributed by atoms with Gasteiger partial charge in [0.15, 0.2) is 5.69 Å². The number of thiazole rings is 1. The van der Waals surface area contributed by atoms with Crippen LogP contribution in [0.3, 0.4) is 0 Å². The maximum absolute atomic E-state index is 12.8. The molecule has 1 unspecified atom stereocenters. The molecule has 5 nitrogen and oxygen atoms in total. The van der Waals surface area contributed by atoms with Crippen molar-refractivity contribution in [2.24, 2.45) is 0 Å². The zero-order valence-corrected chi connectivity index (χ0v) is 12.4. The van der Waals surface area contributed by atoms with Gasteiger partial charge in [0.05, 0.1) is 6.04 Å². The van der Waals surface area contributed by atoms with Gasteiger partial charge >= 0.3 is 6.18 Å². The van der Waals surface area contributed by atoms with Crippen molar-refractivity contribution in [1.82, 2.24) is 15.0 Å². The molecule has 2 aromatic rings. The van der Waals surface area contributed by atoms with E-state index in [-0.39, 0.29) is 17.8 Å². The Bertz CT molecular complexity index is 626. The third-order valence-corrected chi connectivity index (χ3v) is 3.71. The Balaban J connectivity index is 2.27. The summed E-state index contributed by atoms with van der Waals surface area (Å²) in [6.45, 7) is 3.73. The lowest BCUT2D eigenvalue weighted by Gasteiger charge is -2.14. The first kappa shape index (κ1) is 15.5. The summed E-state index contributed by atoms with van der Waals surface area (Å²) in [7, 11) is 1.47. The zero-order valence-electron chi connectivity index (χ0n) is 11.6. The van der Waals surface area contributed by atoms with E-state index in [9.17, 15) is 13.2 Å². The molecule has 0 fully saturated rings. The molecule has 114 valence electrons. The van der Waals surface area contributed by atoms with Gasteiger partial charge in [-0.25, -0.2) is 9.97 Å². The van der Waals surface area contributed by atoms with Crippen molar-refractivity contribution >= 4 is 23.1 Å². The largest absolute Gasteiger partial charge is 0.433 e.